The summed E-state index contributed by atoms with van der Waals surface area (Å²) >= 11 is 5.04. The highest BCUT2D eigenvalue weighted by Gasteiger charge is 2.06. The van der Waals surface area contributed by atoms with Crippen molar-refractivity contribution < 1.29 is 4.42 Å². The van der Waals surface area contributed by atoms with Crippen LogP contribution in [-0.4, -0.2) is 4.98 Å². The van der Waals surface area contributed by atoms with E-state index in [1.165, 1.54) is 5.56 Å². The van der Waals surface area contributed by atoms with Crippen molar-refractivity contribution in [3.63, 3.8) is 0 Å². The van der Waals surface area contributed by atoms with Gasteiger partial charge < -0.3 is 4.42 Å². The van der Waals surface area contributed by atoms with Crippen molar-refractivity contribution in [3.8, 4) is 0 Å². The Bertz CT molecular complexity index is 459. The SMILES string of the molecule is Cc1nc(SCc2ccc(Br)cc2)oc1C. The van der Waals surface area contributed by atoms with Crippen LogP contribution >= 0.6 is 27.7 Å². The second-order valence-electron chi connectivity index (χ2n) is 3.54. The molecule has 0 N–H and O–H groups in total. The number of nitrogens with zero attached hydrogens (tertiary/aromatic N) is 1. The second kappa shape index (κ2) is 5.06. The number of hydrogen-bond acceptors (Lipinski definition) is 3. The van der Waals surface area contributed by atoms with Crippen molar-refractivity contribution in [2.45, 2.75) is 24.8 Å². The van der Waals surface area contributed by atoms with Crippen molar-refractivity contribution in [3.05, 3.63) is 45.8 Å². The molecule has 0 spiro atoms. The van der Waals surface area contributed by atoms with E-state index in [9.17, 15) is 0 Å². The lowest BCUT2D eigenvalue weighted by atomic mass is 10.2. The first-order valence-corrected chi connectivity index (χ1v) is 6.74. The Kier molecular flexibility index (Phi) is 3.71. The molecule has 16 heavy (non-hydrogen) atoms. The summed E-state index contributed by atoms with van der Waals surface area (Å²) < 4.78 is 6.60. The van der Waals surface area contributed by atoms with Crippen LogP contribution in [0.1, 0.15) is 17.0 Å². The maximum atomic E-state index is 5.50. The zero-order valence-electron chi connectivity index (χ0n) is 9.16. The molecule has 0 bridgehead atoms. The number of thioether (sulfide) groups is 1. The first-order chi connectivity index (χ1) is 7.65. The molecule has 0 amide bonds. The van der Waals surface area contributed by atoms with Crippen LogP contribution in [0.5, 0.6) is 0 Å². The summed E-state index contributed by atoms with van der Waals surface area (Å²) in [6, 6.07) is 8.28. The van der Waals surface area contributed by atoms with Gasteiger partial charge in [0.1, 0.15) is 5.76 Å². The standard InChI is InChI=1S/C12H12BrNOS/c1-8-9(2)15-12(14-8)16-7-10-3-5-11(13)6-4-10/h3-6H,7H2,1-2H3. The molecule has 1 aromatic heterocycles. The van der Waals surface area contributed by atoms with Crippen LogP contribution in [0.15, 0.2) is 38.4 Å². The predicted octanol–water partition coefficient (Wildman–Crippen LogP) is 4.35. The van der Waals surface area contributed by atoms with E-state index >= 15 is 0 Å². The molecule has 0 aliphatic rings. The lowest BCUT2D eigenvalue weighted by Crippen LogP contribution is -1.80. The minimum atomic E-state index is 0.748. The summed E-state index contributed by atoms with van der Waals surface area (Å²) in [6.45, 7) is 3.90. The van der Waals surface area contributed by atoms with Gasteiger partial charge in [-0.25, -0.2) is 4.98 Å². The van der Waals surface area contributed by atoms with Crippen LogP contribution in [-0.2, 0) is 5.75 Å². The van der Waals surface area contributed by atoms with Gasteiger partial charge in [-0.15, -0.1) is 0 Å². The monoisotopic (exact) mass is 297 g/mol. The van der Waals surface area contributed by atoms with Crippen molar-refractivity contribution in [2.75, 3.05) is 0 Å². The van der Waals surface area contributed by atoms with Gasteiger partial charge in [0.15, 0.2) is 0 Å². The summed E-state index contributed by atoms with van der Waals surface area (Å²) in [5.41, 5.74) is 2.24. The zero-order valence-corrected chi connectivity index (χ0v) is 11.6. The van der Waals surface area contributed by atoms with E-state index in [1.54, 1.807) is 11.8 Å². The quantitative estimate of drug-likeness (QED) is 0.788. The minimum absolute atomic E-state index is 0.748. The fraction of sp³-hybridized carbons (Fsp3) is 0.250. The largest absolute Gasteiger partial charge is 0.437 e. The maximum Gasteiger partial charge on any atom is 0.256 e. The Morgan fingerprint density at radius 2 is 1.94 bits per heavy atom. The molecule has 2 rings (SSSR count). The molecule has 2 aromatic rings. The molecule has 0 radical (unpaired) electrons. The fourth-order valence-electron chi connectivity index (χ4n) is 1.23. The van der Waals surface area contributed by atoms with Gasteiger partial charge in [0, 0.05) is 10.2 Å². The van der Waals surface area contributed by atoms with Gasteiger partial charge in [-0.05, 0) is 31.5 Å². The third-order valence-corrected chi connectivity index (χ3v) is 3.71. The summed E-state index contributed by atoms with van der Waals surface area (Å²) in [7, 11) is 0. The maximum absolute atomic E-state index is 5.50. The number of benzene rings is 1. The van der Waals surface area contributed by atoms with Gasteiger partial charge in [-0.3, -0.25) is 0 Å². The highest BCUT2D eigenvalue weighted by atomic mass is 79.9. The van der Waals surface area contributed by atoms with Crippen LogP contribution in [0.25, 0.3) is 0 Å². The highest BCUT2D eigenvalue weighted by molar-refractivity contribution is 9.10. The van der Waals surface area contributed by atoms with Crippen molar-refractivity contribution >= 4 is 27.7 Å². The van der Waals surface area contributed by atoms with E-state index < -0.39 is 0 Å². The summed E-state index contributed by atoms with van der Waals surface area (Å²) in [6.07, 6.45) is 0. The average Bonchev–Trinajstić information content (AvgIpc) is 2.58. The predicted molar refractivity (Wildman–Crippen MR) is 69.7 cm³/mol. The third kappa shape index (κ3) is 2.89. The Morgan fingerprint density at radius 1 is 1.25 bits per heavy atom. The molecule has 1 aromatic carbocycles. The molecule has 84 valence electrons. The molecule has 0 saturated heterocycles. The van der Waals surface area contributed by atoms with E-state index in [2.05, 4.69) is 33.0 Å². The van der Waals surface area contributed by atoms with Crippen LogP contribution < -0.4 is 0 Å². The Hall–Kier alpha value is -0.740. The topological polar surface area (TPSA) is 26.0 Å². The number of oxazole rings is 1. The molecular weight excluding hydrogens is 286 g/mol. The van der Waals surface area contributed by atoms with Gasteiger partial charge >= 0.3 is 0 Å². The molecule has 0 aliphatic carbocycles. The molecular formula is C12H12BrNOS. The molecule has 4 heteroatoms. The van der Waals surface area contributed by atoms with Crippen LogP contribution in [0, 0.1) is 13.8 Å². The van der Waals surface area contributed by atoms with E-state index in [0.717, 1.165) is 26.9 Å². The molecule has 0 fully saturated rings. The summed E-state index contributed by atoms with van der Waals surface area (Å²) in [5, 5.41) is 0.748. The molecule has 0 saturated carbocycles. The van der Waals surface area contributed by atoms with E-state index in [1.807, 2.05) is 26.0 Å². The number of hydrogen-bond donors (Lipinski definition) is 0. The average molecular weight is 298 g/mol. The first kappa shape index (κ1) is 11.7. The number of aromatic nitrogens is 1. The smallest absolute Gasteiger partial charge is 0.256 e. The minimum Gasteiger partial charge on any atom is -0.437 e. The molecule has 0 atom stereocenters. The Balaban J connectivity index is 1.99. The van der Waals surface area contributed by atoms with E-state index in [-0.39, 0.29) is 0 Å². The van der Waals surface area contributed by atoms with Crippen LogP contribution in [0.3, 0.4) is 0 Å². The zero-order chi connectivity index (χ0) is 11.5. The fourth-order valence-corrected chi connectivity index (χ4v) is 2.36. The first-order valence-electron chi connectivity index (χ1n) is 4.96. The molecule has 0 unspecified atom stereocenters. The van der Waals surface area contributed by atoms with Crippen molar-refractivity contribution in [1.82, 2.24) is 4.98 Å². The van der Waals surface area contributed by atoms with Gasteiger partial charge in [0.25, 0.3) is 5.22 Å². The lowest BCUT2D eigenvalue weighted by molar-refractivity contribution is 0.431. The highest BCUT2D eigenvalue weighted by Crippen LogP contribution is 2.24. The van der Waals surface area contributed by atoms with Crippen LogP contribution in [0.2, 0.25) is 0 Å². The normalized spacial score (nSPS) is 10.7. The third-order valence-electron chi connectivity index (χ3n) is 2.28. The van der Waals surface area contributed by atoms with Gasteiger partial charge in [0.05, 0.1) is 5.69 Å². The number of aryl methyl sites for hydroxylation is 2. The summed E-state index contributed by atoms with van der Waals surface area (Å²) in [4.78, 5) is 4.33. The van der Waals surface area contributed by atoms with Crippen molar-refractivity contribution in [2.24, 2.45) is 0 Å². The van der Waals surface area contributed by atoms with E-state index in [4.69, 9.17) is 4.42 Å². The summed E-state index contributed by atoms with van der Waals surface area (Å²) in [5.74, 6) is 1.78. The Morgan fingerprint density at radius 3 is 2.50 bits per heavy atom. The van der Waals surface area contributed by atoms with Crippen LogP contribution in [0.4, 0.5) is 0 Å². The van der Waals surface area contributed by atoms with Crippen molar-refractivity contribution in [1.29, 1.82) is 0 Å². The van der Waals surface area contributed by atoms with Gasteiger partial charge in [0.2, 0.25) is 0 Å². The molecule has 1 heterocycles. The second-order valence-corrected chi connectivity index (χ2v) is 5.38. The number of rotatable bonds is 3. The molecule has 0 aliphatic heterocycles. The van der Waals surface area contributed by atoms with Gasteiger partial charge in [-0.1, -0.05) is 39.8 Å². The Labute approximate surface area is 108 Å². The van der Waals surface area contributed by atoms with Gasteiger partial charge in [-0.2, -0.15) is 0 Å². The van der Waals surface area contributed by atoms with E-state index in [0.29, 0.717) is 0 Å². The number of halogens is 1. The molecule has 2 nitrogen and oxygen atoms in total. The lowest BCUT2D eigenvalue weighted by Gasteiger charge is -1.98.